The number of anilines is 2. The standard InChI is InChI=1S/C27H25N3O3S/c1-18-8-12-21(13-9-18)28-25(31)17-34-27-29-23(16-20-10-14-22(33-3)15-11-20)26(32)30(27)24-7-5-4-6-19(24)2/h4-16H,17H2,1-3H3,(H,28,31)/b23-16+. The molecule has 0 spiro atoms. The Morgan fingerprint density at radius 1 is 1.03 bits per heavy atom. The molecule has 7 heteroatoms. The van der Waals surface area contributed by atoms with Crippen molar-refractivity contribution in [1.82, 2.24) is 0 Å². The fraction of sp³-hybridized carbons (Fsp3) is 0.148. The van der Waals surface area contributed by atoms with Gasteiger partial charge in [0.25, 0.3) is 5.91 Å². The van der Waals surface area contributed by atoms with Crippen LogP contribution >= 0.6 is 11.8 Å². The highest BCUT2D eigenvalue weighted by Gasteiger charge is 2.33. The highest BCUT2D eigenvalue weighted by atomic mass is 32.2. The summed E-state index contributed by atoms with van der Waals surface area (Å²) in [5.74, 6) is 0.465. The molecular weight excluding hydrogens is 446 g/mol. The highest BCUT2D eigenvalue weighted by molar-refractivity contribution is 8.14. The van der Waals surface area contributed by atoms with Gasteiger partial charge < -0.3 is 10.1 Å². The predicted octanol–water partition coefficient (Wildman–Crippen LogP) is 5.43. The first-order chi connectivity index (χ1) is 16.4. The molecule has 1 heterocycles. The average Bonchev–Trinajstić information content (AvgIpc) is 3.14. The number of carbonyl (C=O) groups is 2. The minimum absolute atomic E-state index is 0.123. The number of amides is 2. The first-order valence-electron chi connectivity index (χ1n) is 10.8. The zero-order valence-electron chi connectivity index (χ0n) is 19.2. The maximum atomic E-state index is 13.4. The Hall–Kier alpha value is -3.84. The van der Waals surface area contributed by atoms with E-state index in [4.69, 9.17) is 4.74 Å². The summed E-state index contributed by atoms with van der Waals surface area (Å²) in [6.45, 7) is 3.94. The van der Waals surface area contributed by atoms with Crippen molar-refractivity contribution in [2.24, 2.45) is 4.99 Å². The number of nitrogens with one attached hydrogen (secondary N) is 1. The third-order valence-corrected chi connectivity index (χ3v) is 6.21. The molecule has 0 saturated heterocycles. The largest absolute Gasteiger partial charge is 0.497 e. The minimum atomic E-state index is -0.230. The number of amidine groups is 1. The van der Waals surface area contributed by atoms with Gasteiger partial charge >= 0.3 is 0 Å². The second-order valence-corrected chi connectivity index (χ2v) is 8.77. The van der Waals surface area contributed by atoms with Gasteiger partial charge in [0.05, 0.1) is 18.6 Å². The van der Waals surface area contributed by atoms with Crippen LogP contribution in [0.1, 0.15) is 16.7 Å². The van der Waals surface area contributed by atoms with Crippen molar-refractivity contribution in [3.63, 3.8) is 0 Å². The van der Waals surface area contributed by atoms with Crippen LogP contribution in [-0.4, -0.2) is 29.8 Å². The maximum Gasteiger partial charge on any atom is 0.283 e. The number of hydrogen-bond donors (Lipinski definition) is 1. The normalized spacial score (nSPS) is 14.3. The molecule has 1 aliphatic heterocycles. The number of benzene rings is 3. The molecule has 1 aliphatic rings. The molecule has 1 N–H and O–H groups in total. The van der Waals surface area contributed by atoms with Crippen LogP contribution in [0.25, 0.3) is 6.08 Å². The first kappa shape index (κ1) is 23.3. The van der Waals surface area contributed by atoms with E-state index in [0.29, 0.717) is 10.9 Å². The minimum Gasteiger partial charge on any atom is -0.497 e. The van der Waals surface area contributed by atoms with Gasteiger partial charge in [-0.1, -0.05) is 59.8 Å². The number of ether oxygens (including phenoxy) is 1. The van der Waals surface area contributed by atoms with Gasteiger partial charge in [0.15, 0.2) is 5.17 Å². The molecule has 34 heavy (non-hydrogen) atoms. The van der Waals surface area contributed by atoms with Crippen molar-refractivity contribution in [2.45, 2.75) is 13.8 Å². The molecule has 172 valence electrons. The molecule has 0 unspecified atom stereocenters. The summed E-state index contributed by atoms with van der Waals surface area (Å²) in [7, 11) is 1.61. The highest BCUT2D eigenvalue weighted by Crippen LogP contribution is 2.31. The van der Waals surface area contributed by atoms with Crippen molar-refractivity contribution in [3.05, 3.63) is 95.2 Å². The van der Waals surface area contributed by atoms with Gasteiger partial charge in [0.2, 0.25) is 5.91 Å². The lowest BCUT2D eigenvalue weighted by Gasteiger charge is -2.19. The Morgan fingerprint density at radius 2 is 1.74 bits per heavy atom. The van der Waals surface area contributed by atoms with Crippen LogP contribution in [0, 0.1) is 13.8 Å². The maximum absolute atomic E-state index is 13.4. The van der Waals surface area contributed by atoms with Crippen molar-refractivity contribution >= 4 is 46.2 Å². The van der Waals surface area contributed by atoms with E-state index in [2.05, 4.69) is 10.3 Å². The molecule has 3 aromatic carbocycles. The SMILES string of the molecule is COc1ccc(/C=C2/N=C(SCC(=O)Nc3ccc(C)cc3)N(c3ccccc3C)C2=O)cc1. The lowest BCUT2D eigenvalue weighted by Crippen LogP contribution is -2.31. The van der Waals surface area contributed by atoms with E-state index in [9.17, 15) is 9.59 Å². The van der Waals surface area contributed by atoms with E-state index in [0.717, 1.165) is 33.8 Å². The second kappa shape index (κ2) is 10.4. The van der Waals surface area contributed by atoms with E-state index in [1.54, 1.807) is 18.1 Å². The van der Waals surface area contributed by atoms with Crippen LogP contribution in [0.2, 0.25) is 0 Å². The summed E-state index contributed by atoms with van der Waals surface area (Å²) in [5.41, 5.74) is 4.69. The number of para-hydroxylation sites is 1. The molecule has 0 bridgehead atoms. The molecule has 2 amide bonds. The van der Waals surface area contributed by atoms with E-state index in [1.807, 2.05) is 86.6 Å². The van der Waals surface area contributed by atoms with Crippen LogP contribution in [0.3, 0.4) is 0 Å². The molecular formula is C27H25N3O3S. The van der Waals surface area contributed by atoms with Gasteiger partial charge in [-0.2, -0.15) is 0 Å². The number of carbonyl (C=O) groups excluding carboxylic acids is 2. The number of aryl methyl sites for hydroxylation is 2. The van der Waals surface area contributed by atoms with E-state index in [1.165, 1.54) is 11.8 Å². The molecule has 0 saturated carbocycles. The lowest BCUT2D eigenvalue weighted by molar-refractivity contribution is -0.114. The summed E-state index contributed by atoms with van der Waals surface area (Å²) >= 11 is 1.23. The fourth-order valence-electron chi connectivity index (χ4n) is 3.44. The van der Waals surface area contributed by atoms with Crippen molar-refractivity contribution in [3.8, 4) is 5.75 Å². The fourth-order valence-corrected chi connectivity index (χ4v) is 4.25. The number of aliphatic imine (C=N–C) groups is 1. The molecule has 6 nitrogen and oxygen atoms in total. The topological polar surface area (TPSA) is 71.0 Å². The monoisotopic (exact) mass is 471 g/mol. The van der Waals surface area contributed by atoms with Crippen LogP contribution in [0.4, 0.5) is 11.4 Å². The Balaban J connectivity index is 1.57. The first-order valence-corrected chi connectivity index (χ1v) is 11.8. The predicted molar refractivity (Wildman–Crippen MR) is 139 cm³/mol. The van der Waals surface area contributed by atoms with E-state index in [-0.39, 0.29) is 17.6 Å². The molecule has 0 aromatic heterocycles. The zero-order chi connectivity index (χ0) is 24.1. The van der Waals surface area contributed by atoms with Crippen LogP contribution < -0.4 is 15.0 Å². The summed E-state index contributed by atoms with van der Waals surface area (Å²) in [6, 6.07) is 22.6. The third kappa shape index (κ3) is 5.38. The third-order valence-electron chi connectivity index (χ3n) is 5.27. The average molecular weight is 472 g/mol. The lowest BCUT2D eigenvalue weighted by atomic mass is 10.1. The number of thioether (sulfide) groups is 1. The smallest absolute Gasteiger partial charge is 0.283 e. The summed E-state index contributed by atoms with van der Waals surface area (Å²) in [4.78, 5) is 32.1. The van der Waals surface area contributed by atoms with Crippen LogP contribution in [-0.2, 0) is 9.59 Å². The molecule has 4 rings (SSSR count). The quantitative estimate of drug-likeness (QED) is 0.487. The second-order valence-electron chi connectivity index (χ2n) is 7.83. The number of rotatable bonds is 6. The van der Waals surface area contributed by atoms with Gasteiger partial charge in [0.1, 0.15) is 11.4 Å². The van der Waals surface area contributed by atoms with Crippen molar-refractivity contribution in [1.29, 1.82) is 0 Å². The Labute approximate surface area is 203 Å². The van der Waals surface area contributed by atoms with Crippen LogP contribution in [0.15, 0.2) is 83.5 Å². The molecule has 0 radical (unpaired) electrons. The number of methoxy groups -OCH3 is 1. The molecule has 3 aromatic rings. The zero-order valence-corrected chi connectivity index (χ0v) is 20.1. The van der Waals surface area contributed by atoms with E-state index < -0.39 is 0 Å². The Bertz CT molecular complexity index is 1270. The molecule has 0 fully saturated rings. The number of nitrogens with zero attached hydrogens (tertiary/aromatic N) is 2. The number of hydrogen-bond acceptors (Lipinski definition) is 5. The van der Waals surface area contributed by atoms with Gasteiger partial charge in [-0.25, -0.2) is 4.99 Å². The van der Waals surface area contributed by atoms with E-state index >= 15 is 0 Å². The molecule has 0 atom stereocenters. The summed E-state index contributed by atoms with van der Waals surface area (Å²) < 4.78 is 5.20. The van der Waals surface area contributed by atoms with Gasteiger partial charge in [-0.3, -0.25) is 14.5 Å². The Morgan fingerprint density at radius 3 is 2.41 bits per heavy atom. The summed E-state index contributed by atoms with van der Waals surface area (Å²) in [6.07, 6.45) is 1.74. The van der Waals surface area contributed by atoms with Gasteiger partial charge in [-0.15, -0.1) is 0 Å². The van der Waals surface area contributed by atoms with Crippen LogP contribution in [0.5, 0.6) is 5.75 Å². The Kier molecular flexibility index (Phi) is 7.13. The van der Waals surface area contributed by atoms with Gasteiger partial charge in [-0.05, 0) is 61.4 Å². The molecule has 0 aliphatic carbocycles. The van der Waals surface area contributed by atoms with Gasteiger partial charge in [0, 0.05) is 5.69 Å². The van der Waals surface area contributed by atoms with Crippen molar-refractivity contribution < 1.29 is 14.3 Å². The van der Waals surface area contributed by atoms with Crippen molar-refractivity contribution in [2.75, 3.05) is 23.1 Å². The summed E-state index contributed by atoms with van der Waals surface area (Å²) in [5, 5.41) is 3.36.